The Kier molecular flexibility index (Phi) is 8.45. The molecule has 1 aromatic carbocycles. The Hall–Kier alpha value is -3.10. The highest BCUT2D eigenvalue weighted by Crippen LogP contribution is 2.11. The van der Waals surface area contributed by atoms with Gasteiger partial charge in [0.05, 0.1) is 12.2 Å². The molecular weight excluding hydrogens is 378 g/mol. The number of carbonyl (C=O) groups is 4. The molecule has 9 nitrogen and oxygen atoms in total. The molecular formula is C20H27N3O6. The standard InChI is InChI=1S/C20H27N3O6/c1-3-28-20(27)23-10-8-17(9-11-23)22-18(25)13-29-19(26)16-6-4-15(5-7-16)12-21-14(2)24/h4-7,17H,3,8-13H2,1-2H3,(H,21,24)(H,22,25). The fourth-order valence-electron chi connectivity index (χ4n) is 2.89. The molecule has 1 aliphatic rings. The van der Waals surface area contributed by atoms with Crippen LogP contribution in [0.5, 0.6) is 0 Å². The Balaban J connectivity index is 1.70. The summed E-state index contributed by atoms with van der Waals surface area (Å²) in [4.78, 5) is 48.3. The van der Waals surface area contributed by atoms with E-state index >= 15 is 0 Å². The van der Waals surface area contributed by atoms with Crippen LogP contribution in [-0.4, -0.2) is 61.1 Å². The van der Waals surface area contributed by atoms with Crippen LogP contribution in [0.25, 0.3) is 0 Å². The van der Waals surface area contributed by atoms with E-state index in [0.29, 0.717) is 44.6 Å². The normalized spacial score (nSPS) is 14.1. The largest absolute Gasteiger partial charge is 0.452 e. The van der Waals surface area contributed by atoms with Crippen molar-refractivity contribution in [2.45, 2.75) is 39.3 Å². The van der Waals surface area contributed by atoms with Crippen LogP contribution in [0.4, 0.5) is 4.79 Å². The molecule has 0 spiro atoms. The molecule has 158 valence electrons. The van der Waals surface area contributed by atoms with Gasteiger partial charge in [0, 0.05) is 32.6 Å². The first-order valence-electron chi connectivity index (χ1n) is 9.60. The summed E-state index contributed by atoms with van der Waals surface area (Å²) in [5.41, 5.74) is 1.18. The fourth-order valence-corrected chi connectivity index (χ4v) is 2.89. The fraction of sp³-hybridized carbons (Fsp3) is 0.500. The molecule has 1 fully saturated rings. The molecule has 1 aromatic rings. The maximum atomic E-state index is 12.1. The molecule has 2 N–H and O–H groups in total. The molecule has 1 aliphatic heterocycles. The summed E-state index contributed by atoms with van der Waals surface area (Å²) < 4.78 is 10.0. The number of carbonyl (C=O) groups excluding carboxylic acids is 4. The van der Waals surface area contributed by atoms with Crippen LogP contribution in [0.15, 0.2) is 24.3 Å². The average molecular weight is 405 g/mol. The van der Waals surface area contributed by atoms with E-state index in [9.17, 15) is 19.2 Å². The van der Waals surface area contributed by atoms with E-state index in [0.717, 1.165) is 5.56 Å². The van der Waals surface area contributed by atoms with Crippen molar-refractivity contribution in [2.24, 2.45) is 0 Å². The predicted octanol–water partition coefficient (Wildman–Crippen LogP) is 1.22. The van der Waals surface area contributed by atoms with Crippen LogP contribution in [0.1, 0.15) is 42.6 Å². The third kappa shape index (κ3) is 7.44. The molecule has 0 saturated carbocycles. The Morgan fingerprint density at radius 1 is 1.07 bits per heavy atom. The molecule has 0 aromatic heterocycles. The molecule has 0 bridgehead atoms. The average Bonchev–Trinajstić information content (AvgIpc) is 2.71. The molecule has 29 heavy (non-hydrogen) atoms. The number of likely N-dealkylation sites (tertiary alicyclic amines) is 1. The van der Waals surface area contributed by atoms with Gasteiger partial charge < -0.3 is 25.0 Å². The second kappa shape index (κ2) is 11.0. The molecule has 3 amide bonds. The highest BCUT2D eigenvalue weighted by Gasteiger charge is 2.24. The Bertz CT molecular complexity index is 726. The predicted molar refractivity (Wildman–Crippen MR) is 104 cm³/mol. The molecule has 2 rings (SSSR count). The number of amides is 3. The van der Waals surface area contributed by atoms with Gasteiger partial charge in [-0.3, -0.25) is 9.59 Å². The van der Waals surface area contributed by atoms with Gasteiger partial charge in [0.25, 0.3) is 5.91 Å². The molecule has 0 aliphatic carbocycles. The van der Waals surface area contributed by atoms with Gasteiger partial charge in [0.1, 0.15) is 0 Å². The van der Waals surface area contributed by atoms with E-state index in [1.54, 1.807) is 36.1 Å². The Labute approximate surface area is 169 Å². The lowest BCUT2D eigenvalue weighted by molar-refractivity contribution is -0.125. The quantitative estimate of drug-likeness (QED) is 0.659. The second-order valence-electron chi connectivity index (χ2n) is 6.71. The summed E-state index contributed by atoms with van der Waals surface area (Å²) in [5.74, 6) is -1.11. The minimum Gasteiger partial charge on any atom is -0.452 e. The maximum absolute atomic E-state index is 12.1. The monoisotopic (exact) mass is 405 g/mol. The second-order valence-corrected chi connectivity index (χ2v) is 6.71. The van der Waals surface area contributed by atoms with Crippen molar-refractivity contribution in [2.75, 3.05) is 26.3 Å². The number of hydrogen-bond donors (Lipinski definition) is 2. The van der Waals surface area contributed by atoms with E-state index in [1.807, 2.05) is 0 Å². The molecule has 9 heteroatoms. The van der Waals surface area contributed by atoms with Crippen molar-refractivity contribution in [1.82, 2.24) is 15.5 Å². The zero-order chi connectivity index (χ0) is 21.2. The number of benzene rings is 1. The van der Waals surface area contributed by atoms with Gasteiger partial charge in [-0.25, -0.2) is 9.59 Å². The number of ether oxygens (including phenoxy) is 2. The van der Waals surface area contributed by atoms with E-state index in [2.05, 4.69) is 10.6 Å². The number of hydrogen-bond acceptors (Lipinski definition) is 6. The van der Waals surface area contributed by atoms with Crippen LogP contribution in [-0.2, 0) is 25.6 Å². The van der Waals surface area contributed by atoms with Crippen molar-refractivity contribution in [3.63, 3.8) is 0 Å². The van der Waals surface area contributed by atoms with E-state index in [1.165, 1.54) is 6.92 Å². The zero-order valence-electron chi connectivity index (χ0n) is 16.7. The first kappa shape index (κ1) is 22.2. The van der Waals surface area contributed by atoms with Gasteiger partial charge >= 0.3 is 12.1 Å². The van der Waals surface area contributed by atoms with Crippen LogP contribution in [0.2, 0.25) is 0 Å². The molecule has 0 radical (unpaired) electrons. The lowest BCUT2D eigenvalue weighted by Gasteiger charge is -2.31. The van der Waals surface area contributed by atoms with Gasteiger partial charge in [-0.2, -0.15) is 0 Å². The van der Waals surface area contributed by atoms with Crippen molar-refractivity contribution < 1.29 is 28.7 Å². The zero-order valence-corrected chi connectivity index (χ0v) is 16.7. The summed E-state index contributed by atoms with van der Waals surface area (Å²) in [7, 11) is 0. The summed E-state index contributed by atoms with van der Waals surface area (Å²) >= 11 is 0. The van der Waals surface area contributed by atoms with Crippen LogP contribution >= 0.6 is 0 Å². The summed E-state index contributed by atoms with van der Waals surface area (Å²) in [6, 6.07) is 6.53. The van der Waals surface area contributed by atoms with E-state index < -0.39 is 5.97 Å². The molecule has 1 saturated heterocycles. The topological polar surface area (TPSA) is 114 Å². The van der Waals surface area contributed by atoms with Gasteiger partial charge in [-0.1, -0.05) is 12.1 Å². The lowest BCUT2D eigenvalue weighted by atomic mass is 10.1. The summed E-state index contributed by atoms with van der Waals surface area (Å²) in [5, 5.41) is 5.49. The minimum absolute atomic E-state index is 0.0695. The highest BCUT2D eigenvalue weighted by atomic mass is 16.6. The molecule has 1 heterocycles. The van der Waals surface area contributed by atoms with Crippen molar-refractivity contribution in [3.05, 3.63) is 35.4 Å². The maximum Gasteiger partial charge on any atom is 0.409 e. The minimum atomic E-state index is -0.594. The highest BCUT2D eigenvalue weighted by molar-refractivity contribution is 5.91. The van der Waals surface area contributed by atoms with Gasteiger partial charge in [0.15, 0.2) is 6.61 Å². The van der Waals surface area contributed by atoms with Crippen LogP contribution < -0.4 is 10.6 Å². The van der Waals surface area contributed by atoms with Crippen LogP contribution in [0, 0.1) is 0 Å². The number of nitrogens with zero attached hydrogens (tertiary/aromatic N) is 1. The van der Waals surface area contributed by atoms with E-state index in [-0.39, 0.29) is 30.6 Å². The molecule has 0 atom stereocenters. The Morgan fingerprint density at radius 2 is 1.72 bits per heavy atom. The van der Waals surface area contributed by atoms with Gasteiger partial charge in [0.2, 0.25) is 5.91 Å². The third-order valence-electron chi connectivity index (χ3n) is 4.45. The van der Waals surface area contributed by atoms with Crippen molar-refractivity contribution >= 4 is 23.9 Å². The van der Waals surface area contributed by atoms with Crippen molar-refractivity contribution in [1.29, 1.82) is 0 Å². The first-order valence-corrected chi connectivity index (χ1v) is 9.60. The number of piperidine rings is 1. The SMILES string of the molecule is CCOC(=O)N1CCC(NC(=O)COC(=O)c2ccc(CNC(C)=O)cc2)CC1. The van der Waals surface area contributed by atoms with Gasteiger partial charge in [-0.05, 0) is 37.5 Å². The third-order valence-corrected chi connectivity index (χ3v) is 4.45. The summed E-state index contributed by atoms with van der Waals surface area (Å²) in [6.07, 6.45) is 0.900. The van der Waals surface area contributed by atoms with Crippen LogP contribution in [0.3, 0.4) is 0 Å². The molecule has 0 unspecified atom stereocenters. The smallest absolute Gasteiger partial charge is 0.409 e. The van der Waals surface area contributed by atoms with Gasteiger partial charge in [-0.15, -0.1) is 0 Å². The summed E-state index contributed by atoms with van der Waals surface area (Å²) in [6.45, 7) is 4.54. The Morgan fingerprint density at radius 3 is 2.31 bits per heavy atom. The number of esters is 1. The lowest BCUT2D eigenvalue weighted by Crippen LogP contribution is -2.47. The number of rotatable bonds is 7. The van der Waals surface area contributed by atoms with Crippen molar-refractivity contribution in [3.8, 4) is 0 Å². The number of nitrogens with one attached hydrogen (secondary N) is 2. The first-order chi connectivity index (χ1) is 13.9. The van der Waals surface area contributed by atoms with E-state index in [4.69, 9.17) is 9.47 Å².